The Morgan fingerprint density at radius 1 is 1.06 bits per heavy atom. The van der Waals surface area contributed by atoms with Crippen molar-refractivity contribution in [3.05, 3.63) is 47.0 Å². The number of carbonyl (C=O) groups excluding carboxylic acids is 1. The molecule has 0 saturated carbocycles. The van der Waals surface area contributed by atoms with Crippen LogP contribution in [0.15, 0.2) is 30.3 Å². The molecule has 0 N–H and O–H groups in total. The van der Waals surface area contributed by atoms with Gasteiger partial charge in [-0.1, -0.05) is 17.4 Å². The van der Waals surface area contributed by atoms with Crippen LogP contribution >= 0.6 is 11.3 Å². The Balaban J connectivity index is 1.47. The highest BCUT2D eigenvalue weighted by Crippen LogP contribution is 2.34. The van der Waals surface area contributed by atoms with E-state index in [1.807, 2.05) is 6.07 Å². The van der Waals surface area contributed by atoms with Crippen molar-refractivity contribution in [3.8, 4) is 11.5 Å². The van der Waals surface area contributed by atoms with Gasteiger partial charge in [0.25, 0.3) is 5.91 Å². The zero-order valence-electron chi connectivity index (χ0n) is 18.4. The second-order valence-electron chi connectivity index (χ2n) is 8.12. The van der Waals surface area contributed by atoms with E-state index in [1.165, 1.54) is 5.56 Å². The smallest absolute Gasteiger partial charge is 0.260 e. The summed E-state index contributed by atoms with van der Waals surface area (Å²) in [5.41, 5.74) is 3.90. The van der Waals surface area contributed by atoms with Gasteiger partial charge < -0.3 is 14.2 Å². The van der Waals surface area contributed by atoms with Crippen LogP contribution in [0.3, 0.4) is 0 Å². The molecule has 1 fully saturated rings. The molecule has 5 rings (SSSR count). The summed E-state index contributed by atoms with van der Waals surface area (Å²) in [6.45, 7) is 9.74. The summed E-state index contributed by atoms with van der Waals surface area (Å²) in [5, 5.41) is 0.724. The molecule has 168 valence electrons. The second kappa shape index (κ2) is 9.05. The van der Waals surface area contributed by atoms with Crippen LogP contribution in [-0.4, -0.2) is 68.4 Å². The molecule has 0 spiro atoms. The van der Waals surface area contributed by atoms with Gasteiger partial charge in [-0.15, -0.1) is 0 Å². The maximum Gasteiger partial charge on any atom is 0.260 e. The molecule has 1 aromatic heterocycles. The molecule has 2 aliphatic rings. The number of fused-ring (bicyclic) bond motifs is 2. The fraction of sp³-hybridized carbons (Fsp3) is 0.417. The topological polar surface area (TPSA) is 64.1 Å². The molecule has 0 aliphatic carbocycles. The lowest BCUT2D eigenvalue weighted by Gasteiger charge is -2.29. The van der Waals surface area contributed by atoms with Crippen molar-refractivity contribution in [2.75, 3.05) is 57.5 Å². The molecule has 32 heavy (non-hydrogen) atoms. The van der Waals surface area contributed by atoms with E-state index in [2.05, 4.69) is 30.9 Å². The van der Waals surface area contributed by atoms with Gasteiger partial charge in [-0.05, 0) is 49.2 Å². The highest BCUT2D eigenvalue weighted by atomic mass is 32.1. The van der Waals surface area contributed by atoms with Crippen molar-refractivity contribution >= 4 is 32.6 Å². The Hall–Kier alpha value is -2.68. The molecule has 0 unspecified atom stereocenters. The van der Waals surface area contributed by atoms with Gasteiger partial charge in [0.15, 0.2) is 16.6 Å². The molecule has 3 aromatic rings. The number of aromatic nitrogens is 1. The lowest BCUT2D eigenvalue weighted by molar-refractivity contribution is 0.0391. The molecule has 0 bridgehead atoms. The SMILES string of the molecule is Cc1ccc2sc(N(CCN3CCOCC3)C(=O)c3ccc4c(c3)OCCO4)nc2c1C. The number of anilines is 1. The number of benzene rings is 2. The predicted molar refractivity (Wildman–Crippen MR) is 125 cm³/mol. The van der Waals surface area contributed by atoms with Crippen LogP contribution in [0.5, 0.6) is 11.5 Å². The molecule has 0 atom stereocenters. The zero-order chi connectivity index (χ0) is 22.1. The third-order valence-electron chi connectivity index (χ3n) is 6.08. The van der Waals surface area contributed by atoms with Crippen molar-refractivity contribution in [2.24, 2.45) is 0 Å². The van der Waals surface area contributed by atoms with E-state index >= 15 is 0 Å². The third-order valence-corrected chi connectivity index (χ3v) is 7.13. The first-order valence-electron chi connectivity index (χ1n) is 11.0. The number of hydrogen-bond donors (Lipinski definition) is 0. The number of ether oxygens (including phenoxy) is 3. The first-order chi connectivity index (χ1) is 15.6. The highest BCUT2D eigenvalue weighted by Gasteiger charge is 2.25. The Kier molecular flexibility index (Phi) is 5.99. The fourth-order valence-corrected chi connectivity index (χ4v) is 5.06. The summed E-state index contributed by atoms with van der Waals surface area (Å²) >= 11 is 1.56. The molecule has 8 heteroatoms. The average molecular weight is 454 g/mol. The predicted octanol–water partition coefficient (Wildman–Crippen LogP) is 3.66. The summed E-state index contributed by atoms with van der Waals surface area (Å²) in [5.74, 6) is 1.22. The Bertz CT molecular complexity index is 1140. The van der Waals surface area contributed by atoms with E-state index in [-0.39, 0.29) is 5.91 Å². The highest BCUT2D eigenvalue weighted by molar-refractivity contribution is 7.22. The molecule has 2 aliphatic heterocycles. The molecule has 7 nitrogen and oxygen atoms in total. The minimum absolute atomic E-state index is 0.0799. The summed E-state index contributed by atoms with van der Waals surface area (Å²) in [6, 6.07) is 9.60. The van der Waals surface area contributed by atoms with Crippen LogP contribution in [0, 0.1) is 13.8 Å². The molecule has 1 amide bonds. The van der Waals surface area contributed by atoms with E-state index < -0.39 is 0 Å². The molecule has 2 aromatic carbocycles. The number of thiazole rings is 1. The van der Waals surface area contributed by atoms with Gasteiger partial charge in [0.05, 0.1) is 23.4 Å². The molecule has 3 heterocycles. The summed E-state index contributed by atoms with van der Waals surface area (Å²) < 4.78 is 17.9. The number of nitrogens with zero attached hydrogens (tertiary/aromatic N) is 3. The van der Waals surface area contributed by atoms with Crippen LogP contribution in [0.1, 0.15) is 21.5 Å². The molecule has 1 saturated heterocycles. The minimum Gasteiger partial charge on any atom is -0.486 e. The first kappa shape index (κ1) is 21.2. The number of carbonyl (C=O) groups is 1. The largest absolute Gasteiger partial charge is 0.486 e. The lowest BCUT2D eigenvalue weighted by atomic mass is 10.1. The normalized spacial score (nSPS) is 16.3. The van der Waals surface area contributed by atoms with Crippen molar-refractivity contribution in [1.29, 1.82) is 0 Å². The van der Waals surface area contributed by atoms with E-state index in [4.69, 9.17) is 19.2 Å². The number of amides is 1. The molecular formula is C24H27N3O4S. The van der Waals surface area contributed by atoms with Gasteiger partial charge in [-0.3, -0.25) is 14.6 Å². The summed E-state index contributed by atoms with van der Waals surface area (Å²) in [7, 11) is 0. The summed E-state index contributed by atoms with van der Waals surface area (Å²) in [6.07, 6.45) is 0. The van der Waals surface area contributed by atoms with E-state index in [9.17, 15) is 4.79 Å². The molecule has 0 radical (unpaired) electrons. The molecular weight excluding hydrogens is 426 g/mol. The van der Waals surface area contributed by atoms with Gasteiger partial charge >= 0.3 is 0 Å². The number of rotatable bonds is 5. The van der Waals surface area contributed by atoms with Gasteiger partial charge in [0.1, 0.15) is 13.2 Å². The summed E-state index contributed by atoms with van der Waals surface area (Å²) in [4.78, 5) is 22.7. The Morgan fingerprint density at radius 2 is 1.84 bits per heavy atom. The first-order valence-corrected chi connectivity index (χ1v) is 11.8. The van der Waals surface area contributed by atoms with Crippen molar-refractivity contribution in [3.63, 3.8) is 0 Å². The van der Waals surface area contributed by atoms with Crippen LogP contribution in [0.4, 0.5) is 5.13 Å². The maximum absolute atomic E-state index is 13.7. The Labute approximate surface area is 191 Å². The number of morpholine rings is 1. The number of hydrogen-bond acceptors (Lipinski definition) is 7. The van der Waals surface area contributed by atoms with Crippen molar-refractivity contribution in [1.82, 2.24) is 9.88 Å². The van der Waals surface area contributed by atoms with Crippen LogP contribution < -0.4 is 14.4 Å². The quantitative estimate of drug-likeness (QED) is 0.588. The van der Waals surface area contributed by atoms with E-state index in [0.29, 0.717) is 36.8 Å². The lowest BCUT2D eigenvalue weighted by Crippen LogP contribution is -2.43. The van der Waals surface area contributed by atoms with Gasteiger partial charge in [-0.25, -0.2) is 4.98 Å². The maximum atomic E-state index is 13.7. The average Bonchev–Trinajstić information content (AvgIpc) is 3.26. The number of aryl methyl sites for hydroxylation is 2. The van der Waals surface area contributed by atoms with Gasteiger partial charge in [-0.2, -0.15) is 0 Å². The standard InChI is InChI=1S/C24H27N3O4S/c1-16-3-6-21-22(17(16)2)25-24(32-21)27(8-7-26-9-11-29-12-10-26)23(28)18-4-5-19-20(15-18)31-14-13-30-19/h3-6,15H,7-14H2,1-2H3. The Morgan fingerprint density at radius 3 is 2.66 bits per heavy atom. The monoisotopic (exact) mass is 453 g/mol. The minimum atomic E-state index is -0.0799. The van der Waals surface area contributed by atoms with Crippen LogP contribution in [-0.2, 0) is 4.74 Å². The van der Waals surface area contributed by atoms with Crippen molar-refractivity contribution in [2.45, 2.75) is 13.8 Å². The van der Waals surface area contributed by atoms with Gasteiger partial charge in [0.2, 0.25) is 0 Å². The van der Waals surface area contributed by atoms with Crippen molar-refractivity contribution < 1.29 is 19.0 Å². The second-order valence-corrected chi connectivity index (χ2v) is 9.13. The van der Waals surface area contributed by atoms with E-state index in [1.54, 1.807) is 28.4 Å². The zero-order valence-corrected chi connectivity index (χ0v) is 19.2. The van der Waals surface area contributed by atoms with Crippen LogP contribution in [0.2, 0.25) is 0 Å². The fourth-order valence-electron chi connectivity index (χ4n) is 4.01. The van der Waals surface area contributed by atoms with Gasteiger partial charge in [0, 0.05) is 31.7 Å². The third kappa shape index (κ3) is 4.18. The van der Waals surface area contributed by atoms with Crippen LogP contribution in [0.25, 0.3) is 10.2 Å². The van der Waals surface area contributed by atoms with E-state index in [0.717, 1.165) is 53.8 Å².